The Balaban J connectivity index is 2.28. The fourth-order valence-electron chi connectivity index (χ4n) is 2.80. The number of hydrogen-bond donors (Lipinski definition) is 0. The SMILES string of the molecule is Cc1ccc(S(=O)(=O)N(CCCl)C2CCCCC2)cc1. The molecule has 0 aromatic heterocycles. The highest BCUT2D eigenvalue weighted by atomic mass is 35.5. The van der Waals surface area contributed by atoms with Gasteiger partial charge in [0.25, 0.3) is 0 Å². The normalized spacial score (nSPS) is 17.6. The highest BCUT2D eigenvalue weighted by Gasteiger charge is 2.31. The maximum Gasteiger partial charge on any atom is 0.243 e. The van der Waals surface area contributed by atoms with Crippen molar-refractivity contribution in [3.05, 3.63) is 29.8 Å². The van der Waals surface area contributed by atoms with Gasteiger partial charge in [-0.2, -0.15) is 4.31 Å². The monoisotopic (exact) mass is 315 g/mol. The molecule has 0 amide bonds. The van der Waals surface area contributed by atoms with Crippen LogP contribution in [0.15, 0.2) is 29.2 Å². The smallest absolute Gasteiger partial charge is 0.207 e. The minimum absolute atomic E-state index is 0.105. The molecule has 1 saturated carbocycles. The molecule has 1 aromatic carbocycles. The molecule has 0 saturated heterocycles. The predicted octanol–water partition coefficient (Wildman–Crippen LogP) is 3.56. The molecule has 0 atom stereocenters. The molecule has 1 fully saturated rings. The first-order chi connectivity index (χ1) is 9.55. The number of halogens is 1. The van der Waals surface area contributed by atoms with Crippen molar-refractivity contribution in [2.45, 2.75) is 50.0 Å². The summed E-state index contributed by atoms with van der Waals surface area (Å²) in [6.45, 7) is 2.34. The summed E-state index contributed by atoms with van der Waals surface area (Å²) < 4.78 is 27.2. The Bertz CT molecular complexity index is 521. The van der Waals surface area contributed by atoms with E-state index < -0.39 is 10.0 Å². The average Bonchev–Trinajstić information content (AvgIpc) is 2.46. The molecular weight excluding hydrogens is 294 g/mol. The van der Waals surface area contributed by atoms with Gasteiger partial charge in [0, 0.05) is 18.5 Å². The van der Waals surface area contributed by atoms with Crippen molar-refractivity contribution in [2.24, 2.45) is 0 Å². The molecule has 20 heavy (non-hydrogen) atoms. The molecular formula is C15H22ClNO2S. The maximum absolute atomic E-state index is 12.8. The van der Waals surface area contributed by atoms with E-state index in [1.54, 1.807) is 16.4 Å². The first kappa shape index (κ1) is 15.8. The second-order valence-electron chi connectivity index (χ2n) is 5.41. The average molecular weight is 316 g/mol. The number of rotatable bonds is 5. The molecule has 1 aliphatic rings. The Morgan fingerprint density at radius 1 is 1.15 bits per heavy atom. The number of hydrogen-bond acceptors (Lipinski definition) is 2. The quantitative estimate of drug-likeness (QED) is 0.779. The van der Waals surface area contributed by atoms with Crippen LogP contribution >= 0.6 is 11.6 Å². The minimum atomic E-state index is -3.43. The van der Waals surface area contributed by atoms with Crippen LogP contribution in [0.4, 0.5) is 0 Å². The minimum Gasteiger partial charge on any atom is -0.207 e. The van der Waals surface area contributed by atoms with Crippen molar-refractivity contribution < 1.29 is 8.42 Å². The molecule has 1 aromatic rings. The highest BCUT2D eigenvalue weighted by Crippen LogP contribution is 2.27. The number of aryl methyl sites for hydroxylation is 1. The van der Waals surface area contributed by atoms with Crippen LogP contribution in [0.2, 0.25) is 0 Å². The molecule has 0 bridgehead atoms. The highest BCUT2D eigenvalue weighted by molar-refractivity contribution is 7.89. The van der Waals surface area contributed by atoms with E-state index in [4.69, 9.17) is 11.6 Å². The van der Waals surface area contributed by atoms with Crippen LogP contribution in [0.3, 0.4) is 0 Å². The molecule has 0 spiro atoms. The molecule has 0 heterocycles. The lowest BCUT2D eigenvalue weighted by Gasteiger charge is -2.33. The van der Waals surface area contributed by atoms with Gasteiger partial charge in [-0.05, 0) is 31.9 Å². The van der Waals surface area contributed by atoms with Gasteiger partial charge in [0.15, 0.2) is 0 Å². The Labute approximate surface area is 127 Å². The summed E-state index contributed by atoms with van der Waals surface area (Å²) in [7, 11) is -3.43. The van der Waals surface area contributed by atoms with Crippen molar-refractivity contribution >= 4 is 21.6 Å². The van der Waals surface area contributed by atoms with Crippen LogP contribution in [-0.2, 0) is 10.0 Å². The van der Waals surface area contributed by atoms with Crippen molar-refractivity contribution in [3.63, 3.8) is 0 Å². The number of sulfonamides is 1. The zero-order chi connectivity index (χ0) is 14.6. The second kappa shape index (κ2) is 6.92. The van der Waals surface area contributed by atoms with E-state index in [9.17, 15) is 8.42 Å². The zero-order valence-electron chi connectivity index (χ0n) is 11.9. The first-order valence-corrected chi connectivity index (χ1v) is 9.17. The van der Waals surface area contributed by atoms with Gasteiger partial charge in [-0.1, -0.05) is 37.0 Å². The van der Waals surface area contributed by atoms with Gasteiger partial charge in [0.2, 0.25) is 10.0 Å². The summed E-state index contributed by atoms with van der Waals surface area (Å²) in [5.74, 6) is 0.335. The molecule has 2 rings (SSSR count). The van der Waals surface area contributed by atoms with Crippen molar-refractivity contribution in [1.82, 2.24) is 4.31 Å². The number of benzene rings is 1. The Morgan fingerprint density at radius 3 is 2.30 bits per heavy atom. The molecule has 0 aliphatic heterocycles. The van der Waals surface area contributed by atoms with E-state index in [1.165, 1.54) is 6.42 Å². The zero-order valence-corrected chi connectivity index (χ0v) is 13.5. The van der Waals surface area contributed by atoms with Crippen LogP contribution in [-0.4, -0.2) is 31.2 Å². The van der Waals surface area contributed by atoms with E-state index in [2.05, 4.69) is 0 Å². The van der Waals surface area contributed by atoms with Crippen LogP contribution < -0.4 is 0 Å². The second-order valence-corrected chi connectivity index (χ2v) is 7.68. The maximum atomic E-state index is 12.8. The van der Waals surface area contributed by atoms with Crippen LogP contribution in [0.25, 0.3) is 0 Å². The van der Waals surface area contributed by atoms with E-state index >= 15 is 0 Å². The van der Waals surface area contributed by atoms with E-state index in [0.717, 1.165) is 31.2 Å². The summed E-state index contributed by atoms with van der Waals surface area (Å²) in [5.41, 5.74) is 1.06. The topological polar surface area (TPSA) is 37.4 Å². The van der Waals surface area contributed by atoms with Crippen molar-refractivity contribution in [1.29, 1.82) is 0 Å². The fraction of sp³-hybridized carbons (Fsp3) is 0.600. The Kier molecular flexibility index (Phi) is 5.47. The standard InChI is InChI=1S/C15H22ClNO2S/c1-13-7-9-15(10-8-13)20(18,19)17(12-11-16)14-5-3-2-4-6-14/h7-10,14H,2-6,11-12H2,1H3. The summed E-state index contributed by atoms with van der Waals surface area (Å²) in [6.07, 6.45) is 5.31. The van der Waals surface area contributed by atoms with Gasteiger partial charge in [-0.15, -0.1) is 11.6 Å². The Morgan fingerprint density at radius 2 is 1.75 bits per heavy atom. The lowest BCUT2D eigenvalue weighted by Crippen LogP contribution is -2.42. The summed E-state index contributed by atoms with van der Waals surface area (Å²) in [5, 5.41) is 0. The lowest BCUT2D eigenvalue weighted by molar-refractivity contribution is 0.262. The van der Waals surface area contributed by atoms with Gasteiger partial charge in [-0.25, -0.2) is 8.42 Å². The first-order valence-electron chi connectivity index (χ1n) is 7.20. The van der Waals surface area contributed by atoms with Gasteiger partial charge < -0.3 is 0 Å². The third-order valence-electron chi connectivity index (χ3n) is 3.91. The van der Waals surface area contributed by atoms with Gasteiger partial charge >= 0.3 is 0 Å². The van der Waals surface area contributed by atoms with Gasteiger partial charge in [0.05, 0.1) is 4.90 Å². The molecule has 0 N–H and O–H groups in total. The molecule has 5 heteroatoms. The molecule has 0 radical (unpaired) electrons. The van der Waals surface area contributed by atoms with Crippen LogP contribution in [0.1, 0.15) is 37.7 Å². The summed E-state index contributed by atoms with van der Waals surface area (Å²) in [4.78, 5) is 0.374. The summed E-state index contributed by atoms with van der Waals surface area (Å²) in [6, 6.07) is 7.16. The molecule has 112 valence electrons. The van der Waals surface area contributed by atoms with Crippen molar-refractivity contribution in [2.75, 3.05) is 12.4 Å². The lowest BCUT2D eigenvalue weighted by atomic mass is 9.95. The molecule has 3 nitrogen and oxygen atoms in total. The third-order valence-corrected chi connectivity index (χ3v) is 6.05. The predicted molar refractivity (Wildman–Crippen MR) is 82.7 cm³/mol. The van der Waals surface area contributed by atoms with Gasteiger partial charge in [-0.3, -0.25) is 0 Å². The largest absolute Gasteiger partial charge is 0.243 e. The Hall–Kier alpha value is -0.580. The van der Waals surface area contributed by atoms with Crippen LogP contribution in [0.5, 0.6) is 0 Å². The number of alkyl halides is 1. The van der Waals surface area contributed by atoms with Gasteiger partial charge in [0.1, 0.15) is 0 Å². The number of nitrogens with zero attached hydrogens (tertiary/aromatic N) is 1. The van der Waals surface area contributed by atoms with E-state index in [1.807, 2.05) is 19.1 Å². The van der Waals surface area contributed by atoms with Crippen molar-refractivity contribution in [3.8, 4) is 0 Å². The fourth-order valence-corrected chi connectivity index (χ4v) is 4.77. The molecule has 0 unspecified atom stereocenters. The third kappa shape index (κ3) is 3.54. The van der Waals surface area contributed by atoms with Crippen LogP contribution in [0, 0.1) is 6.92 Å². The molecule has 1 aliphatic carbocycles. The van der Waals surface area contributed by atoms with E-state index in [-0.39, 0.29) is 6.04 Å². The summed E-state index contributed by atoms with van der Waals surface area (Å²) >= 11 is 5.83. The van der Waals surface area contributed by atoms with E-state index in [0.29, 0.717) is 17.3 Å².